The largest absolute Gasteiger partial charge is 0.462 e. The zero-order chi connectivity index (χ0) is 17.7. The molecule has 2 amide bonds. The highest BCUT2D eigenvalue weighted by Gasteiger charge is 2.10. The molecule has 5 nitrogen and oxygen atoms in total. The number of rotatable bonds is 4. The van der Waals surface area contributed by atoms with Gasteiger partial charge in [0.15, 0.2) is 0 Å². The molecule has 0 fully saturated rings. The molecule has 126 valence electrons. The van der Waals surface area contributed by atoms with Crippen molar-refractivity contribution in [2.45, 2.75) is 20.8 Å². The second kappa shape index (κ2) is 7.84. The molecule has 0 saturated heterocycles. The molecular formula is C18H19ClN2O3. The lowest BCUT2D eigenvalue weighted by Gasteiger charge is -2.12. The number of ether oxygens (including phenoxy) is 1. The van der Waals surface area contributed by atoms with Crippen LogP contribution in [0.4, 0.5) is 16.2 Å². The molecule has 0 aliphatic carbocycles. The van der Waals surface area contributed by atoms with Crippen LogP contribution in [0.3, 0.4) is 0 Å². The Balaban J connectivity index is 2.04. The van der Waals surface area contributed by atoms with Crippen molar-refractivity contribution in [3.63, 3.8) is 0 Å². The Kier molecular flexibility index (Phi) is 5.82. The predicted octanol–water partition coefficient (Wildman–Crippen LogP) is 4.78. The fraction of sp³-hybridized carbons (Fsp3) is 0.222. The molecule has 0 saturated carbocycles. The molecule has 24 heavy (non-hydrogen) atoms. The minimum Gasteiger partial charge on any atom is -0.462 e. The number of halogens is 1. The van der Waals surface area contributed by atoms with Crippen LogP contribution in [0.1, 0.15) is 28.4 Å². The summed E-state index contributed by atoms with van der Waals surface area (Å²) in [6.07, 6.45) is 0. The lowest BCUT2D eigenvalue weighted by molar-refractivity contribution is 0.0526. The number of carbonyl (C=O) groups is 2. The Labute approximate surface area is 146 Å². The van der Waals surface area contributed by atoms with Crippen molar-refractivity contribution in [2.24, 2.45) is 0 Å². The zero-order valence-corrected chi connectivity index (χ0v) is 14.5. The van der Waals surface area contributed by atoms with Gasteiger partial charge in [-0.25, -0.2) is 9.59 Å². The summed E-state index contributed by atoms with van der Waals surface area (Å²) in [6.45, 7) is 5.88. The van der Waals surface area contributed by atoms with Gasteiger partial charge in [0.2, 0.25) is 0 Å². The van der Waals surface area contributed by atoms with Gasteiger partial charge in [0.1, 0.15) is 0 Å². The maximum absolute atomic E-state index is 12.1. The highest BCUT2D eigenvalue weighted by molar-refractivity contribution is 6.34. The SMILES string of the molecule is CCOC(=O)c1ccc(NC(=O)Nc2c(C)cc(C)cc2Cl)cc1. The Morgan fingerprint density at radius 3 is 2.33 bits per heavy atom. The number of esters is 1. The summed E-state index contributed by atoms with van der Waals surface area (Å²) in [5, 5.41) is 5.92. The van der Waals surface area contributed by atoms with E-state index in [0.29, 0.717) is 28.6 Å². The van der Waals surface area contributed by atoms with Gasteiger partial charge in [-0.05, 0) is 62.2 Å². The van der Waals surface area contributed by atoms with Crippen molar-refractivity contribution < 1.29 is 14.3 Å². The van der Waals surface area contributed by atoms with Crippen molar-refractivity contribution in [3.05, 3.63) is 58.1 Å². The Morgan fingerprint density at radius 2 is 1.75 bits per heavy atom. The first-order valence-corrected chi connectivity index (χ1v) is 7.90. The molecule has 0 aliphatic rings. The number of hydrogen-bond donors (Lipinski definition) is 2. The molecule has 0 aromatic heterocycles. The molecule has 0 heterocycles. The normalized spacial score (nSPS) is 10.2. The number of urea groups is 1. The molecule has 0 unspecified atom stereocenters. The molecule has 0 atom stereocenters. The van der Waals surface area contributed by atoms with Gasteiger partial charge in [-0.3, -0.25) is 0 Å². The van der Waals surface area contributed by atoms with Crippen LogP contribution in [0, 0.1) is 13.8 Å². The quantitative estimate of drug-likeness (QED) is 0.783. The molecule has 6 heteroatoms. The van der Waals surface area contributed by atoms with Crippen LogP contribution in [0.25, 0.3) is 0 Å². The molecule has 2 N–H and O–H groups in total. The van der Waals surface area contributed by atoms with E-state index in [9.17, 15) is 9.59 Å². The van der Waals surface area contributed by atoms with E-state index in [1.54, 1.807) is 37.3 Å². The second-order valence-corrected chi connectivity index (χ2v) is 5.72. The molecule has 2 aromatic rings. The van der Waals surface area contributed by atoms with Gasteiger partial charge in [-0.2, -0.15) is 0 Å². The Morgan fingerprint density at radius 1 is 1.08 bits per heavy atom. The Bertz CT molecular complexity index is 734. The van der Waals surface area contributed by atoms with Gasteiger partial charge in [0.05, 0.1) is 22.9 Å². The first-order valence-electron chi connectivity index (χ1n) is 7.52. The third-order valence-corrected chi connectivity index (χ3v) is 3.62. The molecule has 2 aromatic carbocycles. The van der Waals surface area contributed by atoms with Crippen LogP contribution in [0.15, 0.2) is 36.4 Å². The number of benzene rings is 2. The van der Waals surface area contributed by atoms with E-state index in [-0.39, 0.29) is 0 Å². The summed E-state index contributed by atoms with van der Waals surface area (Å²) in [5.74, 6) is -0.393. The van der Waals surface area contributed by atoms with E-state index in [2.05, 4.69) is 10.6 Å². The topological polar surface area (TPSA) is 67.4 Å². The number of carbonyl (C=O) groups excluding carboxylic acids is 2. The highest BCUT2D eigenvalue weighted by Crippen LogP contribution is 2.27. The molecule has 0 radical (unpaired) electrons. The number of nitrogens with one attached hydrogen (secondary N) is 2. The molecule has 2 rings (SSSR count). The van der Waals surface area contributed by atoms with Crippen molar-refractivity contribution >= 4 is 35.0 Å². The Hall–Kier alpha value is -2.53. The third kappa shape index (κ3) is 4.49. The van der Waals surface area contributed by atoms with Crippen LogP contribution < -0.4 is 10.6 Å². The van der Waals surface area contributed by atoms with Gasteiger partial charge in [0, 0.05) is 5.69 Å². The van der Waals surface area contributed by atoms with Crippen LogP contribution in [-0.4, -0.2) is 18.6 Å². The average Bonchev–Trinajstić information content (AvgIpc) is 2.52. The summed E-state index contributed by atoms with van der Waals surface area (Å²) in [4.78, 5) is 23.7. The van der Waals surface area contributed by atoms with E-state index in [1.165, 1.54) is 0 Å². The summed E-state index contributed by atoms with van der Waals surface area (Å²) in [5.41, 5.74) is 3.47. The molecule has 0 bridgehead atoms. The minimum atomic E-state index is -0.410. The predicted molar refractivity (Wildman–Crippen MR) is 96.0 cm³/mol. The first-order chi connectivity index (χ1) is 11.4. The average molecular weight is 347 g/mol. The monoisotopic (exact) mass is 346 g/mol. The number of aryl methyl sites for hydroxylation is 2. The number of amides is 2. The van der Waals surface area contributed by atoms with Crippen molar-refractivity contribution in [1.82, 2.24) is 0 Å². The van der Waals surface area contributed by atoms with Crippen LogP contribution in [0.5, 0.6) is 0 Å². The fourth-order valence-corrected chi connectivity index (χ4v) is 2.62. The van der Waals surface area contributed by atoms with Crippen molar-refractivity contribution in [3.8, 4) is 0 Å². The standard InChI is InChI=1S/C18H19ClN2O3/c1-4-24-17(22)13-5-7-14(8-6-13)20-18(23)21-16-12(3)9-11(2)10-15(16)19/h5-10H,4H2,1-3H3,(H2,20,21,23). The van der Waals surface area contributed by atoms with E-state index < -0.39 is 12.0 Å². The fourth-order valence-electron chi connectivity index (χ4n) is 2.25. The van der Waals surface area contributed by atoms with E-state index in [1.807, 2.05) is 19.9 Å². The van der Waals surface area contributed by atoms with Crippen molar-refractivity contribution in [2.75, 3.05) is 17.2 Å². The smallest absolute Gasteiger partial charge is 0.338 e. The van der Waals surface area contributed by atoms with Crippen LogP contribution in [-0.2, 0) is 4.74 Å². The van der Waals surface area contributed by atoms with E-state index >= 15 is 0 Å². The van der Waals surface area contributed by atoms with Gasteiger partial charge < -0.3 is 15.4 Å². The van der Waals surface area contributed by atoms with Gasteiger partial charge >= 0.3 is 12.0 Å². The van der Waals surface area contributed by atoms with Gasteiger partial charge in [-0.1, -0.05) is 17.7 Å². The van der Waals surface area contributed by atoms with Gasteiger partial charge in [-0.15, -0.1) is 0 Å². The summed E-state index contributed by atoms with van der Waals surface area (Å²) in [6, 6.07) is 9.78. The van der Waals surface area contributed by atoms with E-state index in [4.69, 9.17) is 16.3 Å². The minimum absolute atomic E-state index is 0.317. The zero-order valence-electron chi connectivity index (χ0n) is 13.8. The summed E-state index contributed by atoms with van der Waals surface area (Å²) < 4.78 is 4.91. The molecule has 0 spiro atoms. The first kappa shape index (κ1) is 17.8. The maximum atomic E-state index is 12.1. The van der Waals surface area contributed by atoms with E-state index in [0.717, 1.165) is 11.1 Å². The second-order valence-electron chi connectivity index (χ2n) is 5.32. The number of anilines is 2. The van der Waals surface area contributed by atoms with Crippen molar-refractivity contribution in [1.29, 1.82) is 0 Å². The van der Waals surface area contributed by atoms with Crippen LogP contribution >= 0.6 is 11.6 Å². The highest BCUT2D eigenvalue weighted by atomic mass is 35.5. The number of hydrogen-bond acceptors (Lipinski definition) is 3. The summed E-state index contributed by atoms with van der Waals surface area (Å²) >= 11 is 6.17. The molecular weight excluding hydrogens is 328 g/mol. The third-order valence-electron chi connectivity index (χ3n) is 3.32. The maximum Gasteiger partial charge on any atom is 0.338 e. The molecule has 0 aliphatic heterocycles. The lowest BCUT2D eigenvalue weighted by Crippen LogP contribution is -2.20. The summed E-state index contributed by atoms with van der Waals surface area (Å²) in [7, 11) is 0. The van der Waals surface area contributed by atoms with Crippen LogP contribution in [0.2, 0.25) is 5.02 Å². The van der Waals surface area contributed by atoms with Gasteiger partial charge in [0.25, 0.3) is 0 Å². The lowest BCUT2D eigenvalue weighted by atomic mass is 10.1.